The van der Waals surface area contributed by atoms with Crippen molar-refractivity contribution >= 4 is 11.6 Å². The summed E-state index contributed by atoms with van der Waals surface area (Å²) in [5, 5.41) is 7.65. The van der Waals surface area contributed by atoms with Gasteiger partial charge in [-0.25, -0.2) is 9.50 Å². The van der Waals surface area contributed by atoms with Crippen LogP contribution in [0, 0.1) is 0 Å². The van der Waals surface area contributed by atoms with Gasteiger partial charge in [0.15, 0.2) is 11.3 Å². The number of amides is 1. The number of nitrogens with one attached hydrogen (secondary N) is 1. The molecule has 0 radical (unpaired) electrons. The summed E-state index contributed by atoms with van der Waals surface area (Å²) in [7, 11) is 0. The van der Waals surface area contributed by atoms with E-state index < -0.39 is 0 Å². The maximum Gasteiger partial charge on any atom is 0.272 e. The topological polar surface area (TPSA) is 59.3 Å². The van der Waals surface area contributed by atoms with E-state index in [2.05, 4.69) is 10.4 Å². The predicted molar refractivity (Wildman–Crippen MR) is 126 cm³/mol. The highest BCUT2D eigenvalue weighted by Gasteiger charge is 2.18. The first-order chi connectivity index (χ1) is 15.7. The van der Waals surface area contributed by atoms with Crippen LogP contribution in [-0.4, -0.2) is 20.5 Å². The molecular weight excluding hydrogens is 396 g/mol. The van der Waals surface area contributed by atoms with Crippen LogP contribution in [0.25, 0.3) is 28.2 Å². The molecule has 0 fully saturated rings. The van der Waals surface area contributed by atoms with E-state index in [9.17, 15) is 4.79 Å². The number of carbonyl (C=O) groups excluding carboxylic acids is 1. The Morgan fingerprint density at radius 1 is 0.812 bits per heavy atom. The fourth-order valence-electron chi connectivity index (χ4n) is 3.75. The van der Waals surface area contributed by atoms with Crippen LogP contribution in [0.15, 0.2) is 103 Å². The summed E-state index contributed by atoms with van der Waals surface area (Å²) in [4.78, 5) is 17.8. The highest BCUT2D eigenvalue weighted by Crippen LogP contribution is 2.26. The van der Waals surface area contributed by atoms with Gasteiger partial charge in [0, 0.05) is 17.2 Å². The summed E-state index contributed by atoms with van der Waals surface area (Å²) >= 11 is 0. The van der Waals surface area contributed by atoms with Crippen LogP contribution in [0.1, 0.15) is 29.0 Å². The van der Waals surface area contributed by atoms with Gasteiger partial charge in [-0.15, -0.1) is 0 Å². The van der Waals surface area contributed by atoms with Crippen molar-refractivity contribution in [2.75, 3.05) is 0 Å². The van der Waals surface area contributed by atoms with Gasteiger partial charge in [-0.1, -0.05) is 91.0 Å². The van der Waals surface area contributed by atoms with Crippen molar-refractivity contribution in [2.24, 2.45) is 0 Å². The van der Waals surface area contributed by atoms with Gasteiger partial charge in [-0.05, 0) is 18.6 Å². The molecule has 0 saturated heterocycles. The number of rotatable bonds is 5. The lowest BCUT2D eigenvalue weighted by molar-refractivity contribution is 0.0934. The summed E-state index contributed by atoms with van der Waals surface area (Å²) in [5.41, 5.74) is 5.73. The largest absolute Gasteiger partial charge is 0.344 e. The molecule has 2 heterocycles. The molecule has 3 aromatic carbocycles. The maximum atomic E-state index is 13.0. The maximum absolute atomic E-state index is 13.0. The molecule has 2 aromatic heterocycles. The average Bonchev–Trinajstić information content (AvgIpc) is 3.29. The first kappa shape index (κ1) is 19.7. The van der Waals surface area contributed by atoms with Gasteiger partial charge in [0.1, 0.15) is 0 Å². The predicted octanol–water partition coefficient (Wildman–Crippen LogP) is 5.55. The number of fused-ring (bicyclic) bond motifs is 1. The van der Waals surface area contributed by atoms with Gasteiger partial charge in [-0.3, -0.25) is 4.79 Å². The highest BCUT2D eigenvalue weighted by molar-refractivity contribution is 5.94. The van der Waals surface area contributed by atoms with E-state index in [0.29, 0.717) is 11.3 Å². The number of carbonyl (C=O) groups is 1. The monoisotopic (exact) mass is 418 g/mol. The van der Waals surface area contributed by atoms with Gasteiger partial charge in [-0.2, -0.15) is 5.10 Å². The minimum atomic E-state index is -0.230. The standard InChI is InChI=1S/C27H22N4O/c1-19(20-11-5-2-6-12-20)28-27(32)24-18-26-29-23(21-13-7-3-8-14-21)17-25(31(26)30-24)22-15-9-4-10-16-22/h2-19H,1H3,(H,28,32)/t19-/m1/s1. The Bertz CT molecular complexity index is 1360. The molecule has 0 aliphatic heterocycles. The normalized spacial score (nSPS) is 11.9. The Morgan fingerprint density at radius 3 is 2.06 bits per heavy atom. The molecule has 1 amide bonds. The van der Waals surface area contributed by atoms with E-state index in [1.807, 2.05) is 104 Å². The first-order valence-corrected chi connectivity index (χ1v) is 10.6. The number of hydrogen-bond acceptors (Lipinski definition) is 3. The van der Waals surface area contributed by atoms with Crippen LogP contribution < -0.4 is 5.32 Å². The zero-order valence-corrected chi connectivity index (χ0v) is 17.6. The molecule has 1 N–H and O–H groups in total. The number of hydrogen-bond donors (Lipinski definition) is 1. The first-order valence-electron chi connectivity index (χ1n) is 10.6. The second-order valence-corrected chi connectivity index (χ2v) is 7.66. The van der Waals surface area contributed by atoms with Crippen LogP contribution in [0.3, 0.4) is 0 Å². The van der Waals surface area contributed by atoms with Gasteiger partial charge >= 0.3 is 0 Å². The molecule has 0 aliphatic carbocycles. The van der Waals surface area contributed by atoms with Crippen molar-refractivity contribution in [1.29, 1.82) is 0 Å². The Hall–Kier alpha value is -4.25. The lowest BCUT2D eigenvalue weighted by atomic mass is 10.1. The van der Waals surface area contributed by atoms with Crippen molar-refractivity contribution in [1.82, 2.24) is 19.9 Å². The van der Waals surface area contributed by atoms with Crippen LogP contribution in [0.2, 0.25) is 0 Å². The lowest BCUT2D eigenvalue weighted by Crippen LogP contribution is -2.27. The lowest BCUT2D eigenvalue weighted by Gasteiger charge is -2.13. The van der Waals surface area contributed by atoms with E-state index in [4.69, 9.17) is 4.98 Å². The minimum absolute atomic E-state index is 0.130. The fraction of sp³-hybridized carbons (Fsp3) is 0.0741. The second-order valence-electron chi connectivity index (χ2n) is 7.66. The summed E-state index contributed by atoms with van der Waals surface area (Å²) in [6.45, 7) is 1.96. The van der Waals surface area contributed by atoms with E-state index in [-0.39, 0.29) is 11.9 Å². The molecule has 5 aromatic rings. The van der Waals surface area contributed by atoms with Crippen LogP contribution in [-0.2, 0) is 0 Å². The Kier molecular flexibility index (Phi) is 5.22. The summed E-state index contributed by atoms with van der Waals surface area (Å²) in [6, 6.07) is 33.5. The van der Waals surface area contributed by atoms with Gasteiger partial charge in [0.2, 0.25) is 0 Å². The zero-order valence-electron chi connectivity index (χ0n) is 17.6. The molecule has 156 valence electrons. The molecule has 0 unspecified atom stereocenters. The molecule has 0 aliphatic rings. The van der Waals surface area contributed by atoms with Gasteiger partial charge in [0.25, 0.3) is 5.91 Å². The summed E-state index contributed by atoms with van der Waals surface area (Å²) < 4.78 is 1.74. The van der Waals surface area contributed by atoms with E-state index in [1.54, 1.807) is 10.6 Å². The Labute approximate surface area is 186 Å². The molecule has 1 atom stereocenters. The van der Waals surface area contributed by atoms with Crippen LogP contribution in [0.5, 0.6) is 0 Å². The molecular formula is C27H22N4O. The fourth-order valence-corrected chi connectivity index (χ4v) is 3.75. The third kappa shape index (κ3) is 3.88. The minimum Gasteiger partial charge on any atom is -0.344 e. The van der Waals surface area contributed by atoms with Gasteiger partial charge in [0.05, 0.1) is 17.4 Å². The zero-order chi connectivity index (χ0) is 21.9. The molecule has 5 heteroatoms. The average molecular weight is 419 g/mol. The quantitative estimate of drug-likeness (QED) is 0.407. The van der Waals surface area contributed by atoms with Crippen molar-refractivity contribution in [3.05, 3.63) is 114 Å². The number of benzene rings is 3. The van der Waals surface area contributed by atoms with Crippen LogP contribution >= 0.6 is 0 Å². The highest BCUT2D eigenvalue weighted by atomic mass is 16.2. The second kappa shape index (κ2) is 8.47. The number of nitrogens with zero attached hydrogens (tertiary/aromatic N) is 3. The van der Waals surface area contributed by atoms with Crippen molar-refractivity contribution in [3.8, 4) is 22.5 Å². The van der Waals surface area contributed by atoms with E-state index in [1.165, 1.54) is 0 Å². The molecule has 5 rings (SSSR count). The van der Waals surface area contributed by atoms with E-state index in [0.717, 1.165) is 28.1 Å². The summed E-state index contributed by atoms with van der Waals surface area (Å²) in [5.74, 6) is -0.230. The molecule has 32 heavy (non-hydrogen) atoms. The summed E-state index contributed by atoms with van der Waals surface area (Å²) in [6.07, 6.45) is 0. The van der Waals surface area contributed by atoms with Crippen LogP contribution in [0.4, 0.5) is 0 Å². The number of aromatic nitrogens is 3. The van der Waals surface area contributed by atoms with Gasteiger partial charge < -0.3 is 5.32 Å². The Morgan fingerprint density at radius 2 is 1.41 bits per heavy atom. The van der Waals surface area contributed by atoms with Crippen molar-refractivity contribution in [3.63, 3.8) is 0 Å². The molecule has 0 spiro atoms. The Balaban J connectivity index is 1.57. The van der Waals surface area contributed by atoms with E-state index >= 15 is 0 Å². The SMILES string of the molecule is C[C@@H](NC(=O)c1cc2nc(-c3ccccc3)cc(-c3ccccc3)n2n1)c1ccccc1. The molecule has 5 nitrogen and oxygen atoms in total. The van der Waals surface area contributed by atoms with Crippen molar-refractivity contribution in [2.45, 2.75) is 13.0 Å². The van der Waals surface area contributed by atoms with Crippen molar-refractivity contribution < 1.29 is 4.79 Å². The molecule has 0 saturated carbocycles. The molecule has 0 bridgehead atoms. The third-order valence-corrected chi connectivity index (χ3v) is 5.45. The smallest absolute Gasteiger partial charge is 0.272 e. The third-order valence-electron chi connectivity index (χ3n) is 5.45.